The first kappa shape index (κ1) is 18.3. The van der Waals surface area contributed by atoms with Crippen molar-refractivity contribution in [3.05, 3.63) is 75.1 Å². The highest BCUT2D eigenvalue weighted by molar-refractivity contribution is 6.30. The normalized spacial score (nSPS) is 18.8. The van der Waals surface area contributed by atoms with Crippen LogP contribution in [0, 0.1) is 0 Å². The van der Waals surface area contributed by atoms with Gasteiger partial charge in [-0.2, -0.15) is 0 Å². The quantitative estimate of drug-likeness (QED) is 0.464. The van der Waals surface area contributed by atoms with Crippen molar-refractivity contribution in [1.29, 1.82) is 0 Å². The van der Waals surface area contributed by atoms with E-state index in [0.717, 1.165) is 16.8 Å². The molecule has 26 heavy (non-hydrogen) atoms. The number of anilines is 1. The molecular formula is C19H20ClN5O. The van der Waals surface area contributed by atoms with E-state index < -0.39 is 6.04 Å². The molecule has 0 saturated heterocycles. The van der Waals surface area contributed by atoms with Crippen molar-refractivity contribution < 1.29 is 4.79 Å². The molecule has 1 amide bonds. The molecule has 0 fully saturated rings. The molecule has 0 spiro atoms. The average molecular weight is 370 g/mol. The van der Waals surface area contributed by atoms with Gasteiger partial charge < -0.3 is 5.32 Å². The smallest absolute Gasteiger partial charge is 0.242 e. The Morgan fingerprint density at radius 2 is 2.04 bits per heavy atom. The zero-order chi connectivity index (χ0) is 18.5. The Morgan fingerprint density at radius 1 is 1.27 bits per heavy atom. The molecule has 2 unspecified atom stereocenters. The molecular weight excluding hydrogens is 350 g/mol. The van der Waals surface area contributed by atoms with Crippen LogP contribution < -0.4 is 5.32 Å². The third-order valence-corrected chi connectivity index (χ3v) is 4.93. The van der Waals surface area contributed by atoms with Crippen LogP contribution in [0.1, 0.15) is 24.0 Å². The Labute approximate surface area is 157 Å². The number of hydrogen-bond acceptors (Lipinski definition) is 3. The molecule has 0 bridgehead atoms. The number of carbonyl (C=O) groups excluding carboxylic acids is 1. The first-order valence-electron chi connectivity index (χ1n) is 8.56. The van der Waals surface area contributed by atoms with Crippen molar-refractivity contribution in [2.75, 3.05) is 25.0 Å². The van der Waals surface area contributed by atoms with E-state index in [1.807, 2.05) is 54.3 Å². The van der Waals surface area contributed by atoms with Crippen LogP contribution in [0.25, 0.3) is 10.4 Å². The second kappa shape index (κ2) is 8.23. The average Bonchev–Trinajstić information content (AvgIpc) is 2.66. The lowest BCUT2D eigenvalue weighted by atomic mass is 9.80. The largest absolute Gasteiger partial charge is 0.324 e. The van der Waals surface area contributed by atoms with Gasteiger partial charge in [0.05, 0.1) is 0 Å². The van der Waals surface area contributed by atoms with Crippen LogP contribution in [0.3, 0.4) is 0 Å². The third-order valence-electron chi connectivity index (χ3n) is 4.70. The van der Waals surface area contributed by atoms with Crippen LogP contribution in [0.15, 0.2) is 53.6 Å². The summed E-state index contributed by atoms with van der Waals surface area (Å²) in [6, 6.07) is 15.1. The molecule has 0 aliphatic carbocycles. The summed E-state index contributed by atoms with van der Waals surface area (Å²) in [7, 11) is 0. The van der Waals surface area contributed by atoms with Gasteiger partial charge in [-0.25, -0.2) is 0 Å². The van der Waals surface area contributed by atoms with Crippen LogP contribution in [-0.2, 0) is 4.79 Å². The van der Waals surface area contributed by atoms with E-state index in [9.17, 15) is 4.79 Å². The lowest BCUT2D eigenvalue weighted by Gasteiger charge is -2.40. The van der Waals surface area contributed by atoms with Crippen LogP contribution >= 0.6 is 11.6 Å². The molecule has 1 aliphatic rings. The Bertz CT molecular complexity index is 835. The van der Waals surface area contributed by atoms with E-state index in [0.29, 0.717) is 24.7 Å². The van der Waals surface area contributed by atoms with Crippen molar-refractivity contribution in [2.45, 2.75) is 18.9 Å². The first-order valence-corrected chi connectivity index (χ1v) is 8.93. The minimum absolute atomic E-state index is 0.0588. The summed E-state index contributed by atoms with van der Waals surface area (Å²) in [4.78, 5) is 17.8. The van der Waals surface area contributed by atoms with Crippen LogP contribution in [0.2, 0.25) is 5.02 Å². The van der Waals surface area contributed by atoms with Gasteiger partial charge >= 0.3 is 0 Å². The van der Waals surface area contributed by atoms with Crippen molar-refractivity contribution >= 4 is 23.2 Å². The Kier molecular flexibility index (Phi) is 5.78. The second-order valence-corrected chi connectivity index (χ2v) is 6.57. The van der Waals surface area contributed by atoms with E-state index in [-0.39, 0.29) is 11.8 Å². The molecule has 2 aromatic rings. The molecule has 134 valence electrons. The van der Waals surface area contributed by atoms with E-state index in [4.69, 9.17) is 17.1 Å². The maximum atomic E-state index is 13.0. The fraction of sp³-hybridized carbons (Fsp3) is 0.316. The topological polar surface area (TPSA) is 81.1 Å². The van der Waals surface area contributed by atoms with E-state index >= 15 is 0 Å². The Hall–Kier alpha value is -2.53. The number of likely N-dealkylation sites (N-methyl/N-ethyl adjacent to an activating group) is 1. The molecule has 3 rings (SSSR count). The Morgan fingerprint density at radius 3 is 2.73 bits per heavy atom. The number of carbonyl (C=O) groups is 1. The van der Waals surface area contributed by atoms with Crippen LogP contribution in [-0.4, -0.2) is 36.5 Å². The summed E-state index contributed by atoms with van der Waals surface area (Å²) < 4.78 is 0. The highest BCUT2D eigenvalue weighted by Gasteiger charge is 2.39. The molecule has 1 aliphatic heterocycles. The fourth-order valence-corrected chi connectivity index (χ4v) is 3.72. The molecule has 1 N–H and O–H groups in total. The molecule has 6 nitrogen and oxygen atoms in total. The second-order valence-electron chi connectivity index (χ2n) is 6.14. The highest BCUT2D eigenvalue weighted by atomic mass is 35.5. The molecule has 0 aromatic heterocycles. The van der Waals surface area contributed by atoms with Gasteiger partial charge in [0.1, 0.15) is 6.04 Å². The number of azide groups is 1. The van der Waals surface area contributed by atoms with Crippen molar-refractivity contribution in [2.24, 2.45) is 5.11 Å². The molecule has 2 atom stereocenters. The fourth-order valence-electron chi connectivity index (χ4n) is 3.54. The molecule has 0 radical (unpaired) electrons. The lowest BCUT2D eigenvalue weighted by molar-refractivity contribution is -0.122. The number of halogens is 1. The van der Waals surface area contributed by atoms with Gasteiger partial charge in [0, 0.05) is 34.6 Å². The van der Waals surface area contributed by atoms with Gasteiger partial charge in [-0.1, -0.05) is 54.0 Å². The van der Waals surface area contributed by atoms with Gasteiger partial charge in [0.2, 0.25) is 5.91 Å². The van der Waals surface area contributed by atoms with Gasteiger partial charge in [-0.05, 0) is 41.4 Å². The third kappa shape index (κ3) is 3.68. The number of hydrogen-bond donors (Lipinski definition) is 1. The summed E-state index contributed by atoms with van der Waals surface area (Å²) in [5.74, 6) is -0.207. The summed E-state index contributed by atoms with van der Waals surface area (Å²) in [5, 5.41) is 7.26. The SMILES string of the molecule is CCN(CCN=[N+]=[N-])C1C(=O)Nc2ccc(Cl)cc2C1c1ccccc1. The van der Waals surface area contributed by atoms with Gasteiger partial charge in [-0.15, -0.1) is 0 Å². The number of nitrogens with one attached hydrogen (secondary N) is 1. The van der Waals surface area contributed by atoms with E-state index in [2.05, 4.69) is 15.3 Å². The minimum atomic E-state index is -0.401. The molecule has 2 aromatic carbocycles. The predicted molar refractivity (Wildman–Crippen MR) is 103 cm³/mol. The van der Waals surface area contributed by atoms with Gasteiger partial charge in [0.15, 0.2) is 0 Å². The molecule has 1 heterocycles. The number of nitrogens with zero attached hydrogens (tertiary/aromatic N) is 4. The monoisotopic (exact) mass is 369 g/mol. The number of amides is 1. The summed E-state index contributed by atoms with van der Waals surface area (Å²) in [6.45, 7) is 3.49. The van der Waals surface area contributed by atoms with Crippen molar-refractivity contribution in [1.82, 2.24) is 4.90 Å². The summed E-state index contributed by atoms with van der Waals surface area (Å²) in [6.07, 6.45) is 0. The standard InChI is InChI=1S/C19H20ClN5O/c1-2-25(11-10-22-24-21)18-17(13-6-4-3-5-7-13)15-12-14(20)8-9-16(15)23-19(18)26/h3-9,12,17-18H,2,10-11H2,1H3,(H,23,26). The first-order chi connectivity index (χ1) is 12.7. The zero-order valence-electron chi connectivity index (χ0n) is 14.5. The summed E-state index contributed by atoms with van der Waals surface area (Å²) in [5.41, 5.74) is 11.4. The molecule has 7 heteroatoms. The maximum absolute atomic E-state index is 13.0. The zero-order valence-corrected chi connectivity index (χ0v) is 15.2. The van der Waals surface area contributed by atoms with E-state index in [1.54, 1.807) is 6.07 Å². The maximum Gasteiger partial charge on any atom is 0.242 e. The minimum Gasteiger partial charge on any atom is -0.324 e. The van der Waals surface area contributed by atoms with Crippen molar-refractivity contribution in [3.63, 3.8) is 0 Å². The Balaban J connectivity index is 2.08. The van der Waals surface area contributed by atoms with Crippen LogP contribution in [0.4, 0.5) is 5.69 Å². The number of benzene rings is 2. The molecule has 0 saturated carbocycles. The van der Waals surface area contributed by atoms with Gasteiger partial charge in [0.25, 0.3) is 0 Å². The van der Waals surface area contributed by atoms with Crippen LogP contribution in [0.5, 0.6) is 0 Å². The number of rotatable bonds is 6. The predicted octanol–water partition coefficient (Wildman–Crippen LogP) is 4.42. The highest BCUT2D eigenvalue weighted by Crippen LogP contribution is 2.40. The van der Waals surface area contributed by atoms with Gasteiger partial charge in [-0.3, -0.25) is 9.69 Å². The van der Waals surface area contributed by atoms with E-state index in [1.165, 1.54) is 0 Å². The summed E-state index contributed by atoms with van der Waals surface area (Å²) >= 11 is 6.25. The van der Waals surface area contributed by atoms with Crippen molar-refractivity contribution in [3.8, 4) is 0 Å². The lowest BCUT2D eigenvalue weighted by Crippen LogP contribution is -2.51. The number of fused-ring (bicyclic) bond motifs is 1.